The predicted octanol–water partition coefficient (Wildman–Crippen LogP) is 4.55. The average Bonchev–Trinajstić information content (AvgIpc) is 3.40. The zero-order valence-corrected chi connectivity index (χ0v) is 16.1. The minimum atomic E-state index is -0.275. The summed E-state index contributed by atoms with van der Waals surface area (Å²) >= 11 is 1.33. The molecule has 1 amide bonds. The van der Waals surface area contributed by atoms with Gasteiger partial charge in [-0.05, 0) is 66.9 Å². The van der Waals surface area contributed by atoms with Crippen LogP contribution in [0.25, 0.3) is 11.3 Å². The Morgan fingerprint density at radius 3 is 2.54 bits per heavy atom. The maximum absolute atomic E-state index is 13.0. The standard InChI is InChI=1S/C21H21FN4OS/c22-16-5-3-15(4-6-16)19-13-23-21(25-19)28-14-20(27)24-17-7-9-18(10-8-17)26-11-1-2-12-26/h3-10,13H,1-2,11-12,14H2,(H,23,25)(H,24,27). The number of amides is 1. The maximum Gasteiger partial charge on any atom is 0.234 e. The lowest BCUT2D eigenvalue weighted by Crippen LogP contribution is -2.18. The molecule has 0 atom stereocenters. The third kappa shape index (κ3) is 4.54. The van der Waals surface area contributed by atoms with E-state index in [1.165, 1.54) is 42.4 Å². The molecule has 1 aromatic heterocycles. The van der Waals surface area contributed by atoms with Gasteiger partial charge in [0.05, 0.1) is 17.6 Å². The van der Waals surface area contributed by atoms with Gasteiger partial charge in [-0.25, -0.2) is 9.37 Å². The molecule has 0 aliphatic carbocycles. The SMILES string of the molecule is O=C(CSc1ncc(-c2ccc(F)cc2)[nH]1)Nc1ccc(N2CCCC2)cc1. The molecule has 2 aromatic carbocycles. The summed E-state index contributed by atoms with van der Waals surface area (Å²) in [4.78, 5) is 22.0. The molecular weight excluding hydrogens is 375 g/mol. The summed E-state index contributed by atoms with van der Waals surface area (Å²) in [5, 5.41) is 3.56. The molecule has 144 valence electrons. The quantitative estimate of drug-likeness (QED) is 0.600. The molecule has 0 spiro atoms. The van der Waals surface area contributed by atoms with Crippen LogP contribution in [0.15, 0.2) is 59.9 Å². The van der Waals surface area contributed by atoms with Crippen LogP contribution in [0.4, 0.5) is 15.8 Å². The topological polar surface area (TPSA) is 61.0 Å². The predicted molar refractivity (Wildman–Crippen MR) is 111 cm³/mol. The van der Waals surface area contributed by atoms with Crippen LogP contribution in [0.1, 0.15) is 12.8 Å². The van der Waals surface area contributed by atoms with Crippen LogP contribution in [0.3, 0.4) is 0 Å². The van der Waals surface area contributed by atoms with Crippen molar-refractivity contribution in [3.05, 3.63) is 60.5 Å². The zero-order valence-electron chi connectivity index (χ0n) is 15.3. The molecule has 1 aliphatic rings. The lowest BCUT2D eigenvalue weighted by atomic mass is 10.2. The third-order valence-corrected chi connectivity index (χ3v) is 5.56. The average molecular weight is 396 g/mol. The van der Waals surface area contributed by atoms with Crippen LogP contribution in [0.2, 0.25) is 0 Å². The Kier molecular flexibility index (Phi) is 5.62. The minimum Gasteiger partial charge on any atom is -0.372 e. The normalized spacial score (nSPS) is 13.7. The van der Waals surface area contributed by atoms with Crippen molar-refractivity contribution in [3.8, 4) is 11.3 Å². The molecule has 0 unspecified atom stereocenters. The number of thioether (sulfide) groups is 1. The Balaban J connectivity index is 1.29. The van der Waals surface area contributed by atoms with Crippen molar-refractivity contribution < 1.29 is 9.18 Å². The number of imidazole rings is 1. The molecule has 7 heteroatoms. The van der Waals surface area contributed by atoms with Gasteiger partial charge in [-0.1, -0.05) is 11.8 Å². The molecule has 2 N–H and O–H groups in total. The fourth-order valence-electron chi connectivity index (χ4n) is 3.21. The minimum absolute atomic E-state index is 0.0846. The smallest absolute Gasteiger partial charge is 0.234 e. The number of H-pyrrole nitrogens is 1. The summed E-state index contributed by atoms with van der Waals surface area (Å²) < 4.78 is 13.0. The van der Waals surface area contributed by atoms with E-state index in [1.54, 1.807) is 18.3 Å². The Morgan fingerprint density at radius 1 is 1.11 bits per heavy atom. The highest BCUT2D eigenvalue weighted by Crippen LogP contribution is 2.23. The van der Waals surface area contributed by atoms with Crippen LogP contribution in [-0.4, -0.2) is 34.7 Å². The first-order valence-electron chi connectivity index (χ1n) is 9.26. The van der Waals surface area contributed by atoms with E-state index in [0.29, 0.717) is 5.16 Å². The number of aromatic amines is 1. The lowest BCUT2D eigenvalue weighted by Gasteiger charge is -2.17. The van der Waals surface area contributed by atoms with Gasteiger partial charge in [0.25, 0.3) is 0 Å². The third-order valence-electron chi connectivity index (χ3n) is 4.67. The Hall–Kier alpha value is -2.80. The lowest BCUT2D eigenvalue weighted by molar-refractivity contribution is -0.113. The van der Waals surface area contributed by atoms with Gasteiger partial charge in [0.15, 0.2) is 5.16 Å². The van der Waals surface area contributed by atoms with Gasteiger partial charge in [0.1, 0.15) is 5.82 Å². The van der Waals surface area contributed by atoms with E-state index in [2.05, 4.69) is 32.3 Å². The van der Waals surface area contributed by atoms with Crippen molar-refractivity contribution in [1.29, 1.82) is 0 Å². The zero-order chi connectivity index (χ0) is 19.3. The van der Waals surface area contributed by atoms with E-state index in [4.69, 9.17) is 0 Å². The molecule has 0 saturated carbocycles. The second-order valence-corrected chi connectivity index (χ2v) is 7.65. The molecule has 1 aliphatic heterocycles. The molecule has 1 saturated heterocycles. The first-order valence-corrected chi connectivity index (χ1v) is 10.2. The number of nitrogens with zero attached hydrogens (tertiary/aromatic N) is 2. The summed E-state index contributed by atoms with van der Waals surface area (Å²) in [7, 11) is 0. The van der Waals surface area contributed by atoms with Gasteiger partial charge in [-0.2, -0.15) is 0 Å². The van der Waals surface area contributed by atoms with E-state index in [9.17, 15) is 9.18 Å². The maximum atomic E-state index is 13.0. The van der Waals surface area contributed by atoms with Crippen molar-refractivity contribution >= 4 is 29.0 Å². The van der Waals surface area contributed by atoms with Crippen molar-refractivity contribution in [1.82, 2.24) is 9.97 Å². The Labute approximate surface area is 167 Å². The van der Waals surface area contributed by atoms with E-state index in [0.717, 1.165) is 30.0 Å². The van der Waals surface area contributed by atoms with Gasteiger partial charge in [0, 0.05) is 24.5 Å². The summed E-state index contributed by atoms with van der Waals surface area (Å²) in [6.07, 6.45) is 4.17. The summed E-state index contributed by atoms with van der Waals surface area (Å²) in [6.45, 7) is 2.21. The second kappa shape index (κ2) is 8.48. The van der Waals surface area contributed by atoms with Gasteiger partial charge < -0.3 is 15.2 Å². The number of anilines is 2. The van der Waals surface area contributed by atoms with Crippen molar-refractivity contribution in [2.24, 2.45) is 0 Å². The highest BCUT2D eigenvalue weighted by Gasteiger charge is 2.12. The Morgan fingerprint density at radius 2 is 1.82 bits per heavy atom. The summed E-state index contributed by atoms with van der Waals surface area (Å²) in [5.74, 6) is -0.105. The first-order chi connectivity index (χ1) is 13.7. The van der Waals surface area contributed by atoms with E-state index < -0.39 is 0 Å². The van der Waals surface area contributed by atoms with Crippen LogP contribution < -0.4 is 10.2 Å². The highest BCUT2D eigenvalue weighted by atomic mass is 32.2. The first kappa shape index (κ1) is 18.6. The number of halogens is 1. The fraction of sp³-hybridized carbons (Fsp3) is 0.238. The van der Waals surface area contributed by atoms with Crippen LogP contribution in [0, 0.1) is 5.82 Å². The van der Waals surface area contributed by atoms with E-state index in [1.807, 2.05) is 12.1 Å². The summed E-state index contributed by atoms with van der Waals surface area (Å²) in [6, 6.07) is 14.2. The van der Waals surface area contributed by atoms with Gasteiger partial charge in [-0.3, -0.25) is 4.79 Å². The Bertz CT molecular complexity index is 934. The molecule has 28 heavy (non-hydrogen) atoms. The number of hydrogen-bond donors (Lipinski definition) is 2. The molecular formula is C21H21FN4OS. The number of benzene rings is 2. The van der Waals surface area contributed by atoms with Crippen LogP contribution >= 0.6 is 11.8 Å². The molecule has 2 heterocycles. The number of hydrogen-bond acceptors (Lipinski definition) is 4. The molecule has 5 nitrogen and oxygen atoms in total. The highest BCUT2D eigenvalue weighted by molar-refractivity contribution is 7.99. The van der Waals surface area contributed by atoms with Crippen molar-refractivity contribution in [3.63, 3.8) is 0 Å². The van der Waals surface area contributed by atoms with Gasteiger partial charge >= 0.3 is 0 Å². The molecule has 0 radical (unpaired) electrons. The number of nitrogens with one attached hydrogen (secondary N) is 2. The van der Waals surface area contributed by atoms with Crippen molar-refractivity contribution in [2.45, 2.75) is 18.0 Å². The number of carbonyl (C=O) groups excluding carboxylic acids is 1. The fourth-order valence-corrected chi connectivity index (χ4v) is 3.86. The van der Waals surface area contributed by atoms with Crippen molar-refractivity contribution in [2.75, 3.05) is 29.1 Å². The van der Waals surface area contributed by atoms with E-state index >= 15 is 0 Å². The molecule has 3 aromatic rings. The summed E-state index contributed by atoms with van der Waals surface area (Å²) in [5.41, 5.74) is 3.64. The molecule has 0 bridgehead atoms. The number of aromatic nitrogens is 2. The van der Waals surface area contributed by atoms with Gasteiger partial charge in [0.2, 0.25) is 5.91 Å². The number of carbonyl (C=O) groups is 1. The monoisotopic (exact) mass is 396 g/mol. The number of rotatable bonds is 6. The van der Waals surface area contributed by atoms with E-state index in [-0.39, 0.29) is 17.5 Å². The van der Waals surface area contributed by atoms with Gasteiger partial charge in [-0.15, -0.1) is 0 Å². The largest absolute Gasteiger partial charge is 0.372 e. The molecule has 1 fully saturated rings. The second-order valence-electron chi connectivity index (χ2n) is 6.69. The van der Waals surface area contributed by atoms with Crippen LogP contribution in [0.5, 0.6) is 0 Å². The molecule has 4 rings (SSSR count). The van der Waals surface area contributed by atoms with Crippen LogP contribution in [-0.2, 0) is 4.79 Å².